The smallest absolute Gasteiger partial charge is 0.416 e. The molecule has 47 heavy (non-hydrogen) atoms. The fraction of sp³-hybridized carbons (Fsp3) is 0.545. The Kier molecular flexibility index (Phi) is 10.7. The number of halogens is 3. The van der Waals surface area contributed by atoms with E-state index in [9.17, 15) is 22.8 Å². The van der Waals surface area contributed by atoms with Gasteiger partial charge in [0.15, 0.2) is 0 Å². The van der Waals surface area contributed by atoms with E-state index in [2.05, 4.69) is 46.4 Å². The molecule has 2 atom stereocenters. The molecule has 0 aliphatic carbocycles. The summed E-state index contributed by atoms with van der Waals surface area (Å²) in [4.78, 5) is 41.5. The van der Waals surface area contributed by atoms with E-state index in [1.54, 1.807) is 30.6 Å². The highest BCUT2D eigenvalue weighted by Crippen LogP contribution is 2.36. The molecule has 0 radical (unpaired) electrons. The summed E-state index contributed by atoms with van der Waals surface area (Å²) in [6.07, 6.45) is 0.673. The number of nitrogens with one attached hydrogen (secondary N) is 2. The van der Waals surface area contributed by atoms with Crippen LogP contribution in [0.15, 0.2) is 47.4 Å². The van der Waals surface area contributed by atoms with Crippen LogP contribution in [0.1, 0.15) is 65.5 Å². The van der Waals surface area contributed by atoms with E-state index in [4.69, 9.17) is 10.5 Å². The van der Waals surface area contributed by atoms with Crippen LogP contribution in [0.2, 0.25) is 0 Å². The largest absolute Gasteiger partial charge is 0.444 e. The molecule has 4 rings (SSSR count). The van der Waals surface area contributed by atoms with Crippen molar-refractivity contribution in [2.24, 2.45) is 22.1 Å². The van der Waals surface area contributed by atoms with Crippen molar-refractivity contribution in [1.82, 2.24) is 25.1 Å². The maximum Gasteiger partial charge on any atom is 0.416 e. The molecule has 0 bridgehead atoms. The van der Waals surface area contributed by atoms with E-state index in [1.807, 2.05) is 0 Å². The summed E-state index contributed by atoms with van der Waals surface area (Å²) in [6.45, 7) is 13.6. The molecule has 14 heteroatoms. The Bertz CT molecular complexity index is 1500. The number of rotatable bonds is 7. The van der Waals surface area contributed by atoms with Crippen molar-refractivity contribution in [2.45, 2.75) is 78.7 Å². The van der Waals surface area contributed by atoms with E-state index in [1.165, 1.54) is 36.8 Å². The number of allylic oxidation sites excluding steroid dienone is 1. The molecular weight excluding hydrogens is 613 g/mol. The first kappa shape index (κ1) is 35.5. The summed E-state index contributed by atoms with van der Waals surface area (Å²) >= 11 is 0. The molecule has 2 aromatic rings. The standard InChI is InChI=1S/C33H45F3N8O3/c1-31(2,3)23-10-13-43(19-23)29(45)40-17-22-8-7-21(15-26(22)33(34,35)36)27-9-12-38-28(42-27)41-25(16-37)18-39-24-11-14-44(20-24)30(46)47-32(4,5)6/h7-9,12,15-16,18,23-24H,10-11,13-14,17,19-20,37H2,1-6H3,(H,40,45)(H,38,41,42)/b25-16+,39-18?/t23?,24-/m0/s1. The van der Waals surface area contributed by atoms with Crippen LogP contribution in [0.3, 0.4) is 0 Å². The predicted octanol–water partition coefficient (Wildman–Crippen LogP) is 6.03. The van der Waals surface area contributed by atoms with Gasteiger partial charge in [0.1, 0.15) is 5.60 Å². The second-order valence-electron chi connectivity index (χ2n) is 14.0. The van der Waals surface area contributed by atoms with Crippen LogP contribution in [0.5, 0.6) is 0 Å². The van der Waals surface area contributed by atoms with E-state index in [0.717, 1.165) is 12.5 Å². The molecule has 3 heterocycles. The zero-order chi connectivity index (χ0) is 34.6. The van der Waals surface area contributed by atoms with Gasteiger partial charge in [-0.05, 0) is 62.6 Å². The minimum absolute atomic E-state index is 0.0447. The normalized spacial score (nSPS) is 19.4. The number of aliphatic imine (C=N–C) groups is 1. The number of aromatic nitrogens is 2. The highest BCUT2D eigenvalue weighted by molar-refractivity contribution is 5.82. The van der Waals surface area contributed by atoms with Gasteiger partial charge in [0.2, 0.25) is 5.95 Å². The minimum atomic E-state index is -4.65. The molecule has 0 spiro atoms. The second-order valence-corrected chi connectivity index (χ2v) is 14.0. The maximum atomic E-state index is 14.2. The third kappa shape index (κ3) is 9.82. The van der Waals surface area contributed by atoms with Crippen molar-refractivity contribution in [2.75, 3.05) is 31.5 Å². The quantitative estimate of drug-likeness (QED) is 0.309. The van der Waals surface area contributed by atoms with Gasteiger partial charge in [-0.1, -0.05) is 32.9 Å². The van der Waals surface area contributed by atoms with Crippen LogP contribution in [0.4, 0.5) is 28.7 Å². The first-order chi connectivity index (χ1) is 21.9. The molecular formula is C33H45F3N8O3. The van der Waals surface area contributed by atoms with Crippen LogP contribution < -0.4 is 16.4 Å². The number of likely N-dealkylation sites (tertiary alicyclic amines) is 2. The zero-order valence-electron chi connectivity index (χ0n) is 27.8. The molecule has 2 saturated heterocycles. The van der Waals surface area contributed by atoms with Crippen molar-refractivity contribution in [3.8, 4) is 11.3 Å². The second kappa shape index (κ2) is 14.2. The molecule has 2 aliphatic heterocycles. The summed E-state index contributed by atoms with van der Waals surface area (Å²) in [6, 6.07) is 4.89. The van der Waals surface area contributed by atoms with E-state index >= 15 is 0 Å². The number of hydrogen-bond donors (Lipinski definition) is 3. The van der Waals surface area contributed by atoms with Crippen molar-refractivity contribution >= 4 is 24.3 Å². The van der Waals surface area contributed by atoms with Gasteiger partial charge in [0.05, 0.1) is 23.0 Å². The number of hydrogen-bond acceptors (Lipinski definition) is 8. The number of ether oxygens (including phenoxy) is 1. The Labute approximate surface area is 273 Å². The monoisotopic (exact) mass is 658 g/mol. The third-order valence-corrected chi connectivity index (χ3v) is 8.17. The van der Waals surface area contributed by atoms with Gasteiger partial charge in [0.25, 0.3) is 0 Å². The van der Waals surface area contributed by atoms with E-state index in [0.29, 0.717) is 44.2 Å². The minimum Gasteiger partial charge on any atom is -0.444 e. The maximum absolute atomic E-state index is 14.2. The van der Waals surface area contributed by atoms with Crippen LogP contribution >= 0.6 is 0 Å². The van der Waals surface area contributed by atoms with Crippen molar-refractivity contribution < 1.29 is 27.5 Å². The zero-order valence-corrected chi connectivity index (χ0v) is 27.8. The summed E-state index contributed by atoms with van der Waals surface area (Å²) in [5, 5.41) is 5.61. The van der Waals surface area contributed by atoms with Crippen LogP contribution in [-0.4, -0.2) is 75.9 Å². The van der Waals surface area contributed by atoms with E-state index < -0.39 is 23.4 Å². The Hall–Kier alpha value is -4.36. The van der Waals surface area contributed by atoms with Gasteiger partial charge < -0.3 is 30.9 Å². The number of benzene rings is 1. The lowest BCUT2D eigenvalue weighted by Gasteiger charge is -2.27. The van der Waals surface area contributed by atoms with Gasteiger partial charge in [-0.3, -0.25) is 4.99 Å². The van der Waals surface area contributed by atoms with Crippen LogP contribution in [-0.2, 0) is 17.5 Å². The van der Waals surface area contributed by atoms with Crippen LogP contribution in [0, 0.1) is 11.3 Å². The number of amides is 3. The number of carbonyl (C=O) groups is 2. The molecule has 1 aromatic carbocycles. The highest BCUT2D eigenvalue weighted by atomic mass is 19.4. The van der Waals surface area contributed by atoms with Gasteiger partial charge in [-0.15, -0.1) is 0 Å². The molecule has 2 aliphatic rings. The van der Waals surface area contributed by atoms with Gasteiger partial charge in [-0.25, -0.2) is 19.6 Å². The molecule has 2 fully saturated rings. The fourth-order valence-corrected chi connectivity index (χ4v) is 5.46. The molecule has 0 saturated carbocycles. The Morgan fingerprint density at radius 3 is 2.43 bits per heavy atom. The average Bonchev–Trinajstić information content (AvgIpc) is 3.68. The number of carbonyl (C=O) groups excluding carboxylic acids is 2. The first-order valence-corrected chi connectivity index (χ1v) is 15.7. The SMILES string of the molecule is CC(C)(C)OC(=O)N1CC[C@H](N=C/C(=C\N)Nc2nccc(-c3ccc(CNC(=O)N4CCC(C(C)(C)C)C4)c(C(F)(F)F)c3)n2)C1. The predicted molar refractivity (Wildman–Crippen MR) is 174 cm³/mol. The van der Waals surface area contributed by atoms with Gasteiger partial charge >= 0.3 is 18.3 Å². The topological polar surface area (TPSA) is 138 Å². The molecule has 11 nitrogen and oxygen atoms in total. The number of nitrogens with zero attached hydrogens (tertiary/aromatic N) is 5. The molecule has 256 valence electrons. The summed E-state index contributed by atoms with van der Waals surface area (Å²) in [5.41, 5.74) is 5.18. The Balaban J connectivity index is 1.41. The van der Waals surface area contributed by atoms with Gasteiger partial charge in [0, 0.05) is 56.9 Å². The molecule has 1 aromatic heterocycles. The Morgan fingerprint density at radius 2 is 1.79 bits per heavy atom. The van der Waals surface area contributed by atoms with Crippen LogP contribution in [0.25, 0.3) is 11.3 Å². The summed E-state index contributed by atoms with van der Waals surface area (Å²) in [5.74, 6) is 0.440. The summed E-state index contributed by atoms with van der Waals surface area (Å²) in [7, 11) is 0. The lowest BCUT2D eigenvalue weighted by molar-refractivity contribution is -0.138. The molecule has 3 amide bonds. The highest BCUT2D eigenvalue weighted by Gasteiger charge is 2.36. The lowest BCUT2D eigenvalue weighted by atomic mass is 9.80. The molecule has 4 N–H and O–H groups in total. The number of anilines is 1. The number of urea groups is 1. The third-order valence-electron chi connectivity index (χ3n) is 8.17. The van der Waals surface area contributed by atoms with E-state index in [-0.39, 0.29) is 46.8 Å². The van der Waals surface area contributed by atoms with Crippen molar-refractivity contribution in [3.05, 3.63) is 53.5 Å². The van der Waals surface area contributed by atoms with Crippen molar-refractivity contribution in [3.63, 3.8) is 0 Å². The fourth-order valence-electron chi connectivity index (χ4n) is 5.46. The summed E-state index contributed by atoms with van der Waals surface area (Å²) < 4.78 is 47.9. The molecule has 1 unspecified atom stereocenters. The number of alkyl halides is 3. The van der Waals surface area contributed by atoms with Crippen molar-refractivity contribution in [1.29, 1.82) is 0 Å². The van der Waals surface area contributed by atoms with Gasteiger partial charge in [-0.2, -0.15) is 13.2 Å². The average molecular weight is 659 g/mol. The Morgan fingerprint density at radius 1 is 1.06 bits per heavy atom. The number of nitrogens with two attached hydrogens (primary N) is 1. The first-order valence-electron chi connectivity index (χ1n) is 15.7. The lowest BCUT2D eigenvalue weighted by Crippen LogP contribution is -2.39.